The Morgan fingerprint density at radius 1 is 0.947 bits per heavy atom. The molecule has 0 spiro atoms. The number of alkyl halides is 3. The van der Waals surface area contributed by atoms with Gasteiger partial charge in [0, 0.05) is 5.56 Å². The first-order chi connectivity index (χ1) is 8.88. The van der Waals surface area contributed by atoms with Gasteiger partial charge in [0.1, 0.15) is 0 Å². The third-order valence-electron chi connectivity index (χ3n) is 2.81. The molecule has 0 atom stereocenters. The van der Waals surface area contributed by atoms with Gasteiger partial charge in [-0.2, -0.15) is 13.2 Å². The summed E-state index contributed by atoms with van der Waals surface area (Å²) in [4.78, 5) is 11.1. The first-order valence-electron chi connectivity index (χ1n) is 5.66. The van der Waals surface area contributed by atoms with Crippen LogP contribution in [-0.2, 0) is 6.18 Å². The maximum absolute atomic E-state index is 12.6. The van der Waals surface area contributed by atoms with E-state index >= 15 is 0 Å². The number of Topliss-reactive ketones (excluding diaryl/α,β-unsaturated/α-hetero) is 1. The summed E-state index contributed by atoms with van der Waals surface area (Å²) in [7, 11) is 0. The van der Waals surface area contributed by atoms with Crippen molar-refractivity contribution >= 4 is 5.78 Å². The third kappa shape index (κ3) is 3.02. The Morgan fingerprint density at radius 2 is 1.58 bits per heavy atom. The molecule has 98 valence electrons. The van der Waals surface area contributed by atoms with Crippen LogP contribution in [-0.4, -0.2) is 5.78 Å². The van der Waals surface area contributed by atoms with Gasteiger partial charge in [-0.15, -0.1) is 0 Å². The molecule has 1 nitrogen and oxygen atoms in total. The van der Waals surface area contributed by atoms with E-state index in [-0.39, 0.29) is 5.78 Å². The summed E-state index contributed by atoms with van der Waals surface area (Å²) >= 11 is 0. The van der Waals surface area contributed by atoms with Gasteiger partial charge < -0.3 is 0 Å². The van der Waals surface area contributed by atoms with Crippen molar-refractivity contribution in [2.45, 2.75) is 13.1 Å². The number of hydrogen-bond donors (Lipinski definition) is 0. The number of hydrogen-bond acceptors (Lipinski definition) is 1. The molecule has 0 bridgehead atoms. The second kappa shape index (κ2) is 4.88. The van der Waals surface area contributed by atoms with Gasteiger partial charge in [-0.25, -0.2) is 0 Å². The van der Waals surface area contributed by atoms with Crippen molar-refractivity contribution in [3.8, 4) is 11.1 Å². The molecule has 2 rings (SSSR count). The maximum Gasteiger partial charge on any atom is 0.416 e. The van der Waals surface area contributed by atoms with Crippen LogP contribution in [0.25, 0.3) is 11.1 Å². The Kier molecular flexibility index (Phi) is 3.42. The second-order valence-electron chi connectivity index (χ2n) is 4.21. The van der Waals surface area contributed by atoms with E-state index in [1.807, 2.05) is 0 Å². The van der Waals surface area contributed by atoms with Gasteiger partial charge in [0.05, 0.1) is 5.56 Å². The van der Waals surface area contributed by atoms with Crippen LogP contribution >= 0.6 is 0 Å². The predicted octanol–water partition coefficient (Wildman–Crippen LogP) is 4.58. The van der Waals surface area contributed by atoms with E-state index in [1.165, 1.54) is 13.0 Å². The average molecular weight is 264 g/mol. The molecule has 0 aliphatic carbocycles. The van der Waals surface area contributed by atoms with Gasteiger partial charge in [0.2, 0.25) is 0 Å². The summed E-state index contributed by atoms with van der Waals surface area (Å²) in [5.41, 5.74) is 0.984. The van der Waals surface area contributed by atoms with Crippen LogP contribution in [0.1, 0.15) is 22.8 Å². The normalized spacial score (nSPS) is 11.4. The van der Waals surface area contributed by atoms with Crippen molar-refractivity contribution in [3.05, 3.63) is 59.7 Å². The summed E-state index contributed by atoms with van der Waals surface area (Å²) < 4.78 is 37.8. The molecular formula is C15H11F3O. The number of rotatable bonds is 2. The number of benzene rings is 2. The summed E-state index contributed by atoms with van der Waals surface area (Å²) in [6.07, 6.45) is -4.35. The van der Waals surface area contributed by atoms with E-state index < -0.39 is 11.7 Å². The average Bonchev–Trinajstić information content (AvgIpc) is 2.38. The largest absolute Gasteiger partial charge is 0.416 e. The summed E-state index contributed by atoms with van der Waals surface area (Å²) in [5, 5.41) is 0. The fourth-order valence-electron chi connectivity index (χ4n) is 1.77. The van der Waals surface area contributed by atoms with E-state index in [0.717, 1.165) is 12.1 Å². The number of halogens is 3. The van der Waals surface area contributed by atoms with Gasteiger partial charge in [0.25, 0.3) is 0 Å². The lowest BCUT2D eigenvalue weighted by Crippen LogP contribution is -2.04. The molecule has 0 fully saturated rings. The van der Waals surface area contributed by atoms with Crippen LogP contribution in [0.4, 0.5) is 13.2 Å². The van der Waals surface area contributed by atoms with E-state index in [9.17, 15) is 18.0 Å². The molecule has 0 saturated carbocycles. The van der Waals surface area contributed by atoms with Crippen LogP contribution in [0.3, 0.4) is 0 Å². The topological polar surface area (TPSA) is 17.1 Å². The number of carbonyl (C=O) groups excluding carboxylic acids is 1. The van der Waals surface area contributed by atoms with Crippen molar-refractivity contribution in [2.24, 2.45) is 0 Å². The molecular weight excluding hydrogens is 253 g/mol. The zero-order valence-corrected chi connectivity index (χ0v) is 10.2. The highest BCUT2D eigenvalue weighted by Gasteiger charge is 2.30. The molecule has 0 aromatic heterocycles. The van der Waals surface area contributed by atoms with Crippen LogP contribution in [0, 0.1) is 0 Å². The van der Waals surface area contributed by atoms with E-state index in [4.69, 9.17) is 0 Å². The summed E-state index contributed by atoms with van der Waals surface area (Å²) in [6, 6.07) is 11.6. The van der Waals surface area contributed by atoms with Gasteiger partial charge in [-0.3, -0.25) is 4.79 Å². The van der Waals surface area contributed by atoms with Gasteiger partial charge >= 0.3 is 6.18 Å². The molecule has 4 heteroatoms. The quantitative estimate of drug-likeness (QED) is 0.726. The van der Waals surface area contributed by atoms with Crippen LogP contribution < -0.4 is 0 Å². The molecule has 0 radical (unpaired) electrons. The minimum atomic E-state index is -4.35. The molecule has 2 aromatic rings. The lowest BCUT2D eigenvalue weighted by Gasteiger charge is -2.09. The summed E-state index contributed by atoms with van der Waals surface area (Å²) in [6.45, 7) is 1.44. The third-order valence-corrected chi connectivity index (χ3v) is 2.81. The fourth-order valence-corrected chi connectivity index (χ4v) is 1.77. The zero-order valence-electron chi connectivity index (χ0n) is 10.2. The highest BCUT2D eigenvalue weighted by Crippen LogP contribution is 2.32. The molecule has 0 unspecified atom stereocenters. The SMILES string of the molecule is CC(=O)c1ccc(-c2cccc(C(F)(F)F)c2)cc1. The van der Waals surface area contributed by atoms with Crippen molar-refractivity contribution in [3.63, 3.8) is 0 Å². The smallest absolute Gasteiger partial charge is 0.295 e. The standard InChI is InChI=1S/C15H11F3O/c1-10(19)11-5-7-12(8-6-11)13-3-2-4-14(9-13)15(16,17)18/h2-9H,1H3. The van der Waals surface area contributed by atoms with E-state index in [1.54, 1.807) is 30.3 Å². The Bertz CT molecular complexity index is 598. The van der Waals surface area contributed by atoms with Gasteiger partial charge in [-0.05, 0) is 30.2 Å². The van der Waals surface area contributed by atoms with E-state index in [0.29, 0.717) is 16.7 Å². The molecule has 0 aliphatic rings. The Hall–Kier alpha value is -2.10. The van der Waals surface area contributed by atoms with Crippen molar-refractivity contribution in [2.75, 3.05) is 0 Å². The first-order valence-corrected chi connectivity index (χ1v) is 5.66. The van der Waals surface area contributed by atoms with Crippen LogP contribution in [0.5, 0.6) is 0 Å². The highest BCUT2D eigenvalue weighted by atomic mass is 19.4. The predicted molar refractivity (Wildman–Crippen MR) is 66.9 cm³/mol. The number of carbonyl (C=O) groups is 1. The molecule has 19 heavy (non-hydrogen) atoms. The van der Waals surface area contributed by atoms with Crippen LogP contribution in [0.2, 0.25) is 0 Å². The molecule has 0 heterocycles. The first kappa shape index (κ1) is 13.3. The highest BCUT2D eigenvalue weighted by molar-refractivity contribution is 5.94. The number of ketones is 1. The van der Waals surface area contributed by atoms with Crippen molar-refractivity contribution < 1.29 is 18.0 Å². The Labute approximate surface area is 108 Å². The summed E-state index contributed by atoms with van der Waals surface area (Å²) in [5.74, 6) is -0.0735. The van der Waals surface area contributed by atoms with Crippen molar-refractivity contribution in [1.29, 1.82) is 0 Å². The zero-order chi connectivity index (χ0) is 14.0. The minimum absolute atomic E-state index is 0.0735. The minimum Gasteiger partial charge on any atom is -0.295 e. The van der Waals surface area contributed by atoms with Gasteiger partial charge in [0.15, 0.2) is 5.78 Å². The second-order valence-corrected chi connectivity index (χ2v) is 4.21. The monoisotopic (exact) mass is 264 g/mol. The lowest BCUT2D eigenvalue weighted by atomic mass is 10.0. The van der Waals surface area contributed by atoms with Crippen LogP contribution in [0.15, 0.2) is 48.5 Å². The molecule has 0 aliphatic heterocycles. The Morgan fingerprint density at radius 3 is 2.11 bits per heavy atom. The molecule has 0 N–H and O–H groups in total. The van der Waals surface area contributed by atoms with Crippen molar-refractivity contribution in [1.82, 2.24) is 0 Å². The molecule has 2 aromatic carbocycles. The Balaban J connectivity index is 2.39. The molecule has 0 saturated heterocycles. The van der Waals surface area contributed by atoms with E-state index in [2.05, 4.69) is 0 Å². The lowest BCUT2D eigenvalue weighted by molar-refractivity contribution is -0.137. The fraction of sp³-hybridized carbons (Fsp3) is 0.133. The van der Waals surface area contributed by atoms with Gasteiger partial charge in [-0.1, -0.05) is 36.4 Å². The molecule has 0 amide bonds. The maximum atomic E-state index is 12.6.